The van der Waals surface area contributed by atoms with Crippen LogP contribution in [0.15, 0.2) is 24.3 Å². The molecule has 0 aromatic heterocycles. The molecule has 3 fully saturated rings. The summed E-state index contributed by atoms with van der Waals surface area (Å²) >= 11 is 0. The first-order valence-corrected chi connectivity index (χ1v) is 11.7. The zero-order valence-electron chi connectivity index (χ0n) is 18.7. The second-order valence-corrected chi connectivity index (χ2v) is 8.86. The van der Waals surface area contributed by atoms with Gasteiger partial charge in [-0.2, -0.15) is 0 Å². The van der Waals surface area contributed by atoms with E-state index in [1.165, 1.54) is 49.7 Å². The molecular formula is C24H32CuN5O3-2. The number of fused-ring (bicyclic) bond motifs is 6. The van der Waals surface area contributed by atoms with Crippen molar-refractivity contribution in [1.29, 1.82) is 0 Å². The van der Waals surface area contributed by atoms with E-state index in [0.29, 0.717) is 12.1 Å². The Bertz CT molecular complexity index is 796. The van der Waals surface area contributed by atoms with Crippen LogP contribution in [0.2, 0.25) is 0 Å². The standard InChI is InChI=1S/C12H20N2.C12H10N2.Cu.H2NO3/c2*1-3-9-5-6-10-4-2-8-14-12(10)11(9)13-7-1;;2-1(3)4/h9-12H,1-8H2;1-6H,7-8H2;;(H2,2,3,4)/q2*-2;2*+1. The summed E-state index contributed by atoms with van der Waals surface area (Å²) in [5, 5.41) is 31.2. The van der Waals surface area contributed by atoms with E-state index in [1.54, 1.807) is 0 Å². The molecule has 8 nitrogen and oxygen atoms in total. The molecule has 4 unspecified atom stereocenters. The summed E-state index contributed by atoms with van der Waals surface area (Å²) in [6, 6.07) is 5.47. The van der Waals surface area contributed by atoms with E-state index in [0.717, 1.165) is 49.4 Å². The van der Waals surface area contributed by atoms with Crippen molar-refractivity contribution < 1.29 is 32.6 Å². The fourth-order valence-corrected chi connectivity index (χ4v) is 5.52. The van der Waals surface area contributed by atoms with Gasteiger partial charge < -0.3 is 21.3 Å². The number of rotatable bonds is 0. The molecular weight excluding hydrogens is 470 g/mol. The molecule has 1 aromatic carbocycles. The Kier molecular flexibility index (Phi) is 9.62. The molecule has 1 aromatic rings. The van der Waals surface area contributed by atoms with Gasteiger partial charge in [0.1, 0.15) is 4.91 Å². The van der Waals surface area contributed by atoms with E-state index >= 15 is 0 Å². The zero-order valence-corrected chi connectivity index (χ0v) is 19.6. The fraction of sp³-hybridized carbons (Fsp3) is 0.583. The molecule has 4 aliphatic heterocycles. The number of nitrogens with zero attached hydrogens (tertiary/aromatic N) is 5. The van der Waals surface area contributed by atoms with Gasteiger partial charge in [0.05, 0.1) is 0 Å². The van der Waals surface area contributed by atoms with Gasteiger partial charge in [-0.1, -0.05) is 74.6 Å². The van der Waals surface area contributed by atoms with Gasteiger partial charge in [0.25, 0.3) is 0 Å². The second-order valence-electron chi connectivity index (χ2n) is 8.86. The van der Waals surface area contributed by atoms with E-state index in [-0.39, 0.29) is 17.1 Å². The van der Waals surface area contributed by atoms with E-state index in [2.05, 4.69) is 47.1 Å². The minimum absolute atomic E-state index is 0. The van der Waals surface area contributed by atoms with Crippen molar-refractivity contribution in [3.8, 4) is 0 Å². The average Bonchev–Trinajstić information content (AvgIpc) is 2.84. The molecule has 0 bridgehead atoms. The Balaban J connectivity index is 0.000000156. The molecule has 5 aliphatic rings. The van der Waals surface area contributed by atoms with Crippen molar-refractivity contribution in [2.75, 3.05) is 26.2 Å². The van der Waals surface area contributed by atoms with Crippen LogP contribution in [0.3, 0.4) is 0 Å². The topological polar surface area (TPSA) is 117 Å². The molecule has 0 amide bonds. The molecule has 33 heavy (non-hydrogen) atoms. The molecule has 0 spiro atoms. The minimum Gasteiger partial charge on any atom is -0.682 e. The van der Waals surface area contributed by atoms with Crippen LogP contribution in [0.1, 0.15) is 49.7 Å². The Labute approximate surface area is 206 Å². The van der Waals surface area contributed by atoms with Crippen molar-refractivity contribution in [3.63, 3.8) is 0 Å². The number of hydrogen-bond donors (Lipinski definition) is 2. The molecule has 184 valence electrons. The molecule has 9 heteroatoms. The SMILES string of the molecule is C1=Cc2ccc3c(c2[N-]C1)[N-]CC=C3.C1C[N-]C2C(C1)CCC1CCC[N-]C12.O=[N+](O)O.[Cu+]. The average molecular weight is 502 g/mol. The van der Waals surface area contributed by atoms with Crippen LogP contribution < -0.4 is 0 Å². The van der Waals surface area contributed by atoms with E-state index in [1.807, 2.05) is 0 Å². The Morgan fingerprint density at radius 2 is 1.18 bits per heavy atom. The maximum absolute atomic E-state index is 8.47. The van der Waals surface area contributed by atoms with E-state index in [9.17, 15) is 0 Å². The van der Waals surface area contributed by atoms with Crippen molar-refractivity contribution >= 4 is 23.5 Å². The van der Waals surface area contributed by atoms with Gasteiger partial charge in [-0.15, -0.1) is 61.8 Å². The van der Waals surface area contributed by atoms with Crippen molar-refractivity contribution in [1.82, 2.24) is 0 Å². The van der Waals surface area contributed by atoms with Crippen molar-refractivity contribution in [3.05, 3.63) is 61.6 Å². The predicted octanol–water partition coefficient (Wildman–Crippen LogP) is 6.38. The molecule has 4 atom stereocenters. The van der Waals surface area contributed by atoms with E-state index in [4.69, 9.17) is 26.0 Å². The van der Waals surface area contributed by atoms with Gasteiger partial charge in [-0.25, -0.2) is 10.4 Å². The second kappa shape index (κ2) is 12.4. The zero-order chi connectivity index (χ0) is 22.3. The minimum atomic E-state index is -1.25. The Morgan fingerprint density at radius 1 is 0.758 bits per heavy atom. The maximum atomic E-state index is 8.47. The van der Waals surface area contributed by atoms with Crippen molar-refractivity contribution in [2.24, 2.45) is 11.8 Å². The molecule has 4 heterocycles. The molecule has 6 rings (SSSR count). The van der Waals surface area contributed by atoms with Gasteiger partial charge in [0.15, 0.2) is 0 Å². The first-order chi connectivity index (χ1) is 15.6. The largest absolute Gasteiger partial charge is 1.00 e. The Hall–Kier alpha value is -2.06. The summed E-state index contributed by atoms with van der Waals surface area (Å²) in [6.07, 6.45) is 16.8. The van der Waals surface area contributed by atoms with Crippen LogP contribution in [0, 0.1) is 16.7 Å². The van der Waals surface area contributed by atoms with Crippen LogP contribution in [0.25, 0.3) is 33.4 Å². The van der Waals surface area contributed by atoms with E-state index < -0.39 is 5.09 Å². The third-order valence-electron chi connectivity index (χ3n) is 6.89. The maximum Gasteiger partial charge on any atom is 1.00 e. The Morgan fingerprint density at radius 3 is 1.61 bits per heavy atom. The summed E-state index contributed by atoms with van der Waals surface area (Å²) in [7, 11) is 0. The van der Waals surface area contributed by atoms with Crippen LogP contribution in [0.4, 0.5) is 11.4 Å². The van der Waals surface area contributed by atoms with Crippen LogP contribution in [-0.2, 0) is 17.1 Å². The normalized spacial score (nSPS) is 28.1. The predicted molar refractivity (Wildman–Crippen MR) is 126 cm³/mol. The summed E-state index contributed by atoms with van der Waals surface area (Å²) in [6.45, 7) is 3.78. The third kappa shape index (κ3) is 6.51. The summed E-state index contributed by atoms with van der Waals surface area (Å²) < 4.78 is 0. The van der Waals surface area contributed by atoms with Gasteiger partial charge in [-0.05, 0) is 11.1 Å². The van der Waals surface area contributed by atoms with Gasteiger partial charge in [0, 0.05) is 0 Å². The number of hydrogen-bond acceptors (Lipinski definition) is 1. The fourth-order valence-electron chi connectivity index (χ4n) is 5.52. The third-order valence-corrected chi connectivity index (χ3v) is 6.89. The summed E-state index contributed by atoms with van der Waals surface area (Å²) in [5.41, 5.74) is 4.51. The summed E-state index contributed by atoms with van der Waals surface area (Å²) in [4.78, 5) is 8.47. The van der Waals surface area contributed by atoms with Gasteiger partial charge in [0.2, 0.25) is 0 Å². The van der Waals surface area contributed by atoms with Crippen LogP contribution >= 0.6 is 0 Å². The quantitative estimate of drug-likeness (QED) is 0.317. The molecule has 2 N–H and O–H groups in total. The first kappa shape index (κ1) is 25.6. The smallest absolute Gasteiger partial charge is 0.682 e. The molecule has 1 saturated carbocycles. The van der Waals surface area contributed by atoms with Gasteiger partial charge >= 0.3 is 22.2 Å². The van der Waals surface area contributed by atoms with Crippen LogP contribution in [-0.4, -0.2) is 53.8 Å². The molecule has 2 saturated heterocycles. The monoisotopic (exact) mass is 501 g/mol. The molecule has 0 radical (unpaired) electrons. The van der Waals surface area contributed by atoms with Crippen LogP contribution in [0.5, 0.6) is 0 Å². The van der Waals surface area contributed by atoms with Crippen molar-refractivity contribution in [2.45, 2.75) is 50.6 Å². The molecule has 1 aliphatic carbocycles. The first-order valence-electron chi connectivity index (χ1n) is 11.7. The number of piperidine rings is 2. The van der Waals surface area contributed by atoms with Gasteiger partial charge in [-0.3, -0.25) is 0 Å². The summed E-state index contributed by atoms with van der Waals surface area (Å²) in [5.74, 6) is 1.79. The number of benzene rings is 1.